The molecule has 2 unspecified atom stereocenters. The first kappa shape index (κ1) is 18.0. The van der Waals surface area contributed by atoms with Crippen LogP contribution in [-0.4, -0.2) is 68.0 Å². The molecule has 1 saturated heterocycles. The van der Waals surface area contributed by atoms with Crippen molar-refractivity contribution in [2.45, 2.75) is 32.4 Å². The molecular weight excluding hydrogens is 292 g/mol. The van der Waals surface area contributed by atoms with Gasteiger partial charge in [-0.2, -0.15) is 0 Å². The summed E-state index contributed by atoms with van der Waals surface area (Å²) in [5.41, 5.74) is 1.07. The Bertz CT molecular complexity index is 495. The van der Waals surface area contributed by atoms with Gasteiger partial charge in [0.05, 0.1) is 26.9 Å². The molecule has 5 heteroatoms. The van der Waals surface area contributed by atoms with Crippen molar-refractivity contribution in [3.63, 3.8) is 0 Å². The second kappa shape index (κ2) is 8.52. The average molecular weight is 322 g/mol. The number of piperazine rings is 1. The summed E-state index contributed by atoms with van der Waals surface area (Å²) < 4.78 is 10.7. The lowest BCUT2D eigenvalue weighted by atomic mass is 10.0. The number of methoxy groups -OCH3 is 2. The number of ether oxygens (including phenoxy) is 2. The van der Waals surface area contributed by atoms with Gasteiger partial charge < -0.3 is 19.5 Å². The van der Waals surface area contributed by atoms with E-state index in [0.717, 1.165) is 31.7 Å². The Balaban J connectivity index is 2.16. The minimum Gasteiger partial charge on any atom is -0.493 e. The van der Waals surface area contributed by atoms with Gasteiger partial charge in [0.15, 0.2) is 11.5 Å². The van der Waals surface area contributed by atoms with Crippen LogP contribution >= 0.6 is 0 Å². The van der Waals surface area contributed by atoms with Gasteiger partial charge in [0, 0.05) is 25.7 Å². The zero-order valence-electron chi connectivity index (χ0n) is 14.8. The molecule has 0 aliphatic carbocycles. The maximum absolute atomic E-state index is 9.98. The molecule has 0 radical (unpaired) electrons. The predicted octanol–water partition coefficient (Wildman–Crippen LogP) is 2.15. The van der Waals surface area contributed by atoms with Crippen molar-refractivity contribution < 1.29 is 14.6 Å². The Morgan fingerprint density at radius 3 is 2.52 bits per heavy atom. The van der Waals surface area contributed by atoms with E-state index in [1.54, 1.807) is 14.2 Å². The third kappa shape index (κ3) is 4.16. The fraction of sp³-hybridized carbons (Fsp3) is 0.667. The number of hydrogen-bond acceptors (Lipinski definition) is 5. The number of aliphatic hydroxyl groups excluding tert-OH is 1. The van der Waals surface area contributed by atoms with Crippen LogP contribution in [-0.2, 0) is 0 Å². The zero-order chi connectivity index (χ0) is 16.8. The van der Waals surface area contributed by atoms with E-state index in [4.69, 9.17) is 9.47 Å². The first-order valence-corrected chi connectivity index (χ1v) is 8.45. The van der Waals surface area contributed by atoms with Gasteiger partial charge in [0.1, 0.15) is 0 Å². The molecule has 5 nitrogen and oxygen atoms in total. The van der Waals surface area contributed by atoms with Crippen molar-refractivity contribution in [3.05, 3.63) is 23.8 Å². The number of nitrogens with zero attached hydrogens (tertiary/aromatic N) is 2. The Morgan fingerprint density at radius 1 is 1.22 bits per heavy atom. The maximum atomic E-state index is 9.98. The molecule has 0 amide bonds. The number of hydrogen-bond donors (Lipinski definition) is 1. The number of rotatable bonds is 7. The van der Waals surface area contributed by atoms with Crippen molar-refractivity contribution in [3.8, 4) is 11.5 Å². The average Bonchev–Trinajstić information content (AvgIpc) is 2.57. The largest absolute Gasteiger partial charge is 0.493 e. The highest BCUT2D eigenvalue weighted by atomic mass is 16.5. The molecule has 0 aromatic heterocycles. The van der Waals surface area contributed by atoms with Gasteiger partial charge in [-0.15, -0.1) is 0 Å². The second-order valence-electron chi connectivity index (χ2n) is 6.20. The highest BCUT2D eigenvalue weighted by Gasteiger charge is 2.30. The molecule has 1 aromatic carbocycles. The molecule has 1 fully saturated rings. The highest BCUT2D eigenvalue weighted by Crippen LogP contribution is 2.33. The fourth-order valence-corrected chi connectivity index (χ4v) is 3.49. The van der Waals surface area contributed by atoms with Gasteiger partial charge in [-0.25, -0.2) is 0 Å². The van der Waals surface area contributed by atoms with Gasteiger partial charge >= 0.3 is 0 Å². The first-order chi connectivity index (χ1) is 11.1. The SMILES string of the molecule is CCCN1CCN(C(CO)c2ccc(OC)c(OC)c2)C(C)C1. The Hall–Kier alpha value is -1.30. The van der Waals surface area contributed by atoms with Crippen molar-refractivity contribution in [1.29, 1.82) is 0 Å². The third-order valence-corrected chi connectivity index (χ3v) is 4.67. The lowest BCUT2D eigenvalue weighted by Gasteiger charge is -2.43. The van der Waals surface area contributed by atoms with Crippen LogP contribution in [0.4, 0.5) is 0 Å². The summed E-state index contributed by atoms with van der Waals surface area (Å²) in [5.74, 6) is 1.43. The molecular formula is C18H30N2O3. The van der Waals surface area contributed by atoms with Crippen LogP contribution in [0.25, 0.3) is 0 Å². The molecule has 2 rings (SSSR count). The summed E-state index contributed by atoms with van der Waals surface area (Å²) in [5, 5.41) is 9.98. The molecule has 1 aromatic rings. The van der Waals surface area contributed by atoms with E-state index in [0.29, 0.717) is 17.5 Å². The van der Waals surface area contributed by atoms with Crippen LogP contribution in [0.2, 0.25) is 0 Å². The summed E-state index contributed by atoms with van der Waals surface area (Å²) in [4.78, 5) is 4.90. The zero-order valence-corrected chi connectivity index (χ0v) is 14.8. The van der Waals surface area contributed by atoms with E-state index in [-0.39, 0.29) is 12.6 Å². The summed E-state index contributed by atoms with van der Waals surface area (Å²) in [6.07, 6.45) is 1.19. The van der Waals surface area contributed by atoms with Gasteiger partial charge in [-0.05, 0) is 37.6 Å². The van der Waals surface area contributed by atoms with E-state index in [1.165, 1.54) is 6.42 Å². The smallest absolute Gasteiger partial charge is 0.161 e. The number of aliphatic hydroxyl groups is 1. The molecule has 1 aliphatic rings. The minimum absolute atomic E-state index is 0.00594. The summed E-state index contributed by atoms with van der Waals surface area (Å²) in [6.45, 7) is 8.80. The molecule has 2 atom stereocenters. The molecule has 1 heterocycles. The normalized spacial score (nSPS) is 21.2. The van der Waals surface area contributed by atoms with Crippen LogP contribution in [0.5, 0.6) is 11.5 Å². The molecule has 1 aliphatic heterocycles. The highest BCUT2D eigenvalue weighted by molar-refractivity contribution is 5.43. The predicted molar refractivity (Wildman–Crippen MR) is 92.3 cm³/mol. The maximum Gasteiger partial charge on any atom is 0.161 e. The van der Waals surface area contributed by atoms with Crippen LogP contribution in [0.3, 0.4) is 0 Å². The van der Waals surface area contributed by atoms with Crippen LogP contribution in [0.1, 0.15) is 31.9 Å². The minimum atomic E-state index is -0.00594. The van der Waals surface area contributed by atoms with Gasteiger partial charge in [-0.1, -0.05) is 13.0 Å². The van der Waals surface area contributed by atoms with E-state index in [9.17, 15) is 5.11 Å². The van der Waals surface area contributed by atoms with Gasteiger partial charge in [0.2, 0.25) is 0 Å². The molecule has 130 valence electrons. The lowest BCUT2D eigenvalue weighted by molar-refractivity contribution is 0.0252. The Labute approximate surface area is 139 Å². The van der Waals surface area contributed by atoms with Gasteiger partial charge in [-0.3, -0.25) is 4.90 Å². The van der Waals surface area contributed by atoms with E-state index in [2.05, 4.69) is 23.6 Å². The molecule has 0 bridgehead atoms. The first-order valence-electron chi connectivity index (χ1n) is 8.45. The molecule has 0 saturated carbocycles. The van der Waals surface area contributed by atoms with Crippen molar-refractivity contribution in [2.24, 2.45) is 0 Å². The molecule has 23 heavy (non-hydrogen) atoms. The summed E-state index contributed by atoms with van der Waals surface area (Å²) in [7, 11) is 3.28. The van der Waals surface area contributed by atoms with Crippen LogP contribution < -0.4 is 9.47 Å². The van der Waals surface area contributed by atoms with Crippen molar-refractivity contribution in [2.75, 3.05) is 47.0 Å². The lowest BCUT2D eigenvalue weighted by Crippen LogP contribution is -2.53. The van der Waals surface area contributed by atoms with Crippen molar-refractivity contribution in [1.82, 2.24) is 9.80 Å². The quantitative estimate of drug-likeness (QED) is 0.833. The Morgan fingerprint density at radius 2 is 1.96 bits per heavy atom. The summed E-state index contributed by atoms with van der Waals surface area (Å²) >= 11 is 0. The van der Waals surface area contributed by atoms with Gasteiger partial charge in [0.25, 0.3) is 0 Å². The van der Waals surface area contributed by atoms with Crippen LogP contribution in [0.15, 0.2) is 18.2 Å². The topological polar surface area (TPSA) is 45.2 Å². The van der Waals surface area contributed by atoms with E-state index < -0.39 is 0 Å². The fourth-order valence-electron chi connectivity index (χ4n) is 3.49. The monoisotopic (exact) mass is 322 g/mol. The Kier molecular flexibility index (Phi) is 6.69. The standard InChI is InChI=1S/C18H30N2O3/c1-5-8-19-9-10-20(14(2)12-19)16(13-21)15-6-7-17(22-3)18(11-15)23-4/h6-7,11,14,16,21H,5,8-10,12-13H2,1-4H3. The van der Waals surface area contributed by atoms with Crippen molar-refractivity contribution >= 4 is 0 Å². The second-order valence-corrected chi connectivity index (χ2v) is 6.20. The third-order valence-electron chi connectivity index (χ3n) is 4.67. The van der Waals surface area contributed by atoms with E-state index in [1.807, 2.05) is 18.2 Å². The summed E-state index contributed by atoms with van der Waals surface area (Å²) in [6, 6.07) is 6.32. The number of benzene rings is 1. The molecule has 0 spiro atoms. The van der Waals surface area contributed by atoms with E-state index >= 15 is 0 Å². The molecule has 1 N–H and O–H groups in total. The van der Waals surface area contributed by atoms with Crippen LogP contribution in [0, 0.1) is 0 Å².